The molecule has 1 aliphatic heterocycles. The second-order valence-electron chi connectivity index (χ2n) is 4.78. The van der Waals surface area contributed by atoms with E-state index in [1.807, 2.05) is 12.3 Å². The largest absolute Gasteiger partial charge is 0.263 e. The summed E-state index contributed by atoms with van der Waals surface area (Å²) in [5.41, 5.74) is 1.16. The lowest BCUT2D eigenvalue weighted by atomic mass is 10.0. The van der Waals surface area contributed by atoms with E-state index in [-0.39, 0.29) is 10.9 Å². The quantitative estimate of drug-likeness (QED) is 0.876. The number of thiophene rings is 1. The molecule has 4 nitrogen and oxygen atoms in total. The van der Waals surface area contributed by atoms with Crippen LogP contribution in [-0.4, -0.2) is 24.3 Å². The third-order valence-corrected chi connectivity index (χ3v) is 6.56. The fourth-order valence-electron chi connectivity index (χ4n) is 2.72. The van der Waals surface area contributed by atoms with Gasteiger partial charge < -0.3 is 0 Å². The fourth-order valence-corrected chi connectivity index (χ4v) is 5.29. The van der Waals surface area contributed by atoms with Crippen LogP contribution in [0.15, 0.2) is 40.9 Å². The van der Waals surface area contributed by atoms with Crippen molar-refractivity contribution in [1.82, 2.24) is 9.29 Å². The molecule has 0 aliphatic carbocycles. The maximum atomic E-state index is 12.8. The summed E-state index contributed by atoms with van der Waals surface area (Å²) in [6.45, 7) is 2.58. The van der Waals surface area contributed by atoms with Crippen LogP contribution in [0.3, 0.4) is 0 Å². The second-order valence-corrected chi connectivity index (χ2v) is 7.67. The highest BCUT2D eigenvalue weighted by Crippen LogP contribution is 2.38. The highest BCUT2D eigenvalue weighted by Gasteiger charge is 2.35. The van der Waals surface area contributed by atoms with Crippen LogP contribution < -0.4 is 0 Å². The van der Waals surface area contributed by atoms with Crippen LogP contribution in [0.25, 0.3) is 0 Å². The van der Waals surface area contributed by atoms with Gasteiger partial charge in [-0.2, -0.15) is 4.31 Å². The zero-order valence-corrected chi connectivity index (χ0v) is 12.8. The lowest BCUT2D eigenvalue weighted by Gasteiger charge is -2.34. The third-order valence-electron chi connectivity index (χ3n) is 3.67. The highest BCUT2D eigenvalue weighted by atomic mass is 32.2. The zero-order valence-electron chi connectivity index (χ0n) is 11.2. The molecule has 2 aromatic rings. The van der Waals surface area contributed by atoms with Gasteiger partial charge in [-0.05, 0) is 42.0 Å². The molecule has 20 heavy (non-hydrogen) atoms. The van der Waals surface area contributed by atoms with Crippen LogP contribution in [-0.2, 0) is 16.4 Å². The van der Waals surface area contributed by atoms with Gasteiger partial charge in [0.15, 0.2) is 0 Å². The van der Waals surface area contributed by atoms with E-state index < -0.39 is 10.0 Å². The topological polar surface area (TPSA) is 50.3 Å². The molecule has 1 aliphatic rings. The summed E-state index contributed by atoms with van der Waals surface area (Å²) in [4.78, 5) is 5.52. The van der Waals surface area contributed by atoms with Crippen molar-refractivity contribution < 1.29 is 8.42 Å². The van der Waals surface area contributed by atoms with Gasteiger partial charge in [-0.25, -0.2) is 8.42 Å². The molecule has 0 spiro atoms. The number of nitrogens with zero attached hydrogens (tertiary/aromatic N) is 2. The van der Waals surface area contributed by atoms with E-state index in [0.29, 0.717) is 6.54 Å². The number of hydrogen-bond donors (Lipinski definition) is 0. The van der Waals surface area contributed by atoms with E-state index in [2.05, 4.69) is 11.1 Å². The van der Waals surface area contributed by atoms with Gasteiger partial charge in [0, 0.05) is 23.8 Å². The Bertz CT molecular complexity index is 695. The van der Waals surface area contributed by atoms with E-state index in [0.717, 1.165) is 18.4 Å². The van der Waals surface area contributed by atoms with Crippen molar-refractivity contribution in [3.63, 3.8) is 0 Å². The Morgan fingerprint density at radius 2 is 2.30 bits per heavy atom. The van der Waals surface area contributed by atoms with Gasteiger partial charge in [-0.1, -0.05) is 6.92 Å². The predicted octanol–water partition coefficient (Wildman–Crippen LogP) is 2.84. The van der Waals surface area contributed by atoms with Crippen molar-refractivity contribution in [2.75, 3.05) is 6.54 Å². The molecular formula is C14H16N2O2S2. The van der Waals surface area contributed by atoms with Gasteiger partial charge in [0.2, 0.25) is 10.0 Å². The number of fused-ring (bicyclic) bond motifs is 1. The maximum absolute atomic E-state index is 12.8. The molecule has 2 aromatic heterocycles. The van der Waals surface area contributed by atoms with Crippen LogP contribution in [0.1, 0.15) is 29.8 Å². The molecule has 0 N–H and O–H groups in total. The summed E-state index contributed by atoms with van der Waals surface area (Å²) in [5, 5.41) is 2.05. The van der Waals surface area contributed by atoms with Crippen LogP contribution in [0, 0.1) is 0 Å². The van der Waals surface area contributed by atoms with Crippen LogP contribution in [0.5, 0.6) is 0 Å². The van der Waals surface area contributed by atoms with E-state index in [1.54, 1.807) is 34.0 Å². The Labute approximate surface area is 123 Å². The summed E-state index contributed by atoms with van der Waals surface area (Å²) in [7, 11) is -3.47. The first-order chi connectivity index (χ1) is 9.64. The average Bonchev–Trinajstić information content (AvgIpc) is 2.95. The summed E-state index contributed by atoms with van der Waals surface area (Å²) in [6, 6.07) is 5.26. The second kappa shape index (κ2) is 5.27. The van der Waals surface area contributed by atoms with Crippen molar-refractivity contribution in [3.8, 4) is 0 Å². The van der Waals surface area contributed by atoms with Gasteiger partial charge in [0.05, 0.1) is 6.04 Å². The zero-order chi connectivity index (χ0) is 14.2. The van der Waals surface area contributed by atoms with Crippen molar-refractivity contribution in [3.05, 3.63) is 46.4 Å². The molecule has 1 atom stereocenters. The smallest absolute Gasteiger partial charge is 0.245 e. The summed E-state index contributed by atoms with van der Waals surface area (Å²) in [5.74, 6) is 0. The Kier molecular flexibility index (Phi) is 3.62. The molecule has 3 rings (SSSR count). The molecule has 0 saturated heterocycles. The normalized spacial score (nSPS) is 19.8. The van der Waals surface area contributed by atoms with Gasteiger partial charge in [-0.3, -0.25) is 4.98 Å². The molecule has 0 fully saturated rings. The first kappa shape index (κ1) is 13.7. The van der Waals surface area contributed by atoms with Crippen molar-refractivity contribution in [2.24, 2.45) is 0 Å². The Morgan fingerprint density at radius 3 is 3.00 bits per heavy atom. The molecular weight excluding hydrogens is 292 g/mol. The molecule has 106 valence electrons. The number of sulfonamides is 1. The van der Waals surface area contributed by atoms with E-state index in [4.69, 9.17) is 0 Å². The van der Waals surface area contributed by atoms with Crippen molar-refractivity contribution in [2.45, 2.75) is 30.7 Å². The van der Waals surface area contributed by atoms with Gasteiger partial charge in [0.1, 0.15) is 4.90 Å². The molecule has 6 heteroatoms. The third kappa shape index (κ3) is 2.17. The number of rotatable bonds is 3. The Balaban J connectivity index is 2.03. The molecule has 0 amide bonds. The number of hydrogen-bond acceptors (Lipinski definition) is 4. The summed E-state index contributed by atoms with van der Waals surface area (Å²) >= 11 is 1.72. The Morgan fingerprint density at radius 1 is 1.45 bits per heavy atom. The lowest BCUT2D eigenvalue weighted by molar-refractivity contribution is 0.303. The van der Waals surface area contributed by atoms with E-state index in [1.165, 1.54) is 11.1 Å². The van der Waals surface area contributed by atoms with Crippen molar-refractivity contribution in [1.29, 1.82) is 0 Å². The molecule has 0 aromatic carbocycles. The lowest BCUT2D eigenvalue weighted by Crippen LogP contribution is -2.39. The number of aromatic nitrogens is 1. The van der Waals surface area contributed by atoms with E-state index >= 15 is 0 Å². The van der Waals surface area contributed by atoms with Crippen LogP contribution >= 0.6 is 11.3 Å². The monoisotopic (exact) mass is 308 g/mol. The average molecular weight is 308 g/mol. The summed E-state index contributed by atoms with van der Waals surface area (Å²) < 4.78 is 27.2. The SMILES string of the molecule is CC[C@@H]1c2ccsc2CCN1S(=O)(=O)c1cccnc1. The highest BCUT2D eigenvalue weighted by molar-refractivity contribution is 7.89. The van der Waals surface area contributed by atoms with Gasteiger partial charge in [-0.15, -0.1) is 11.3 Å². The fraction of sp³-hybridized carbons (Fsp3) is 0.357. The molecule has 0 bridgehead atoms. The minimum absolute atomic E-state index is 0.0600. The first-order valence-electron chi connectivity index (χ1n) is 6.62. The van der Waals surface area contributed by atoms with Crippen LogP contribution in [0.4, 0.5) is 0 Å². The van der Waals surface area contributed by atoms with Crippen LogP contribution in [0.2, 0.25) is 0 Å². The standard InChI is InChI=1S/C14H16N2O2S2/c1-2-13-12-6-9-19-14(12)5-8-16(13)20(17,18)11-4-3-7-15-10-11/h3-4,6-7,9-10,13H,2,5,8H2,1H3/t13-/m1/s1. The first-order valence-corrected chi connectivity index (χ1v) is 8.94. The number of pyridine rings is 1. The molecule has 3 heterocycles. The molecule has 0 saturated carbocycles. The van der Waals surface area contributed by atoms with E-state index in [9.17, 15) is 8.42 Å². The Hall–Kier alpha value is -1.24. The van der Waals surface area contributed by atoms with Crippen molar-refractivity contribution >= 4 is 21.4 Å². The van der Waals surface area contributed by atoms with Gasteiger partial charge >= 0.3 is 0 Å². The minimum Gasteiger partial charge on any atom is -0.263 e. The predicted molar refractivity (Wildman–Crippen MR) is 79.2 cm³/mol. The summed E-state index contributed by atoms with van der Waals surface area (Å²) in [6.07, 6.45) is 4.58. The molecule has 0 radical (unpaired) electrons. The molecule has 0 unspecified atom stereocenters. The van der Waals surface area contributed by atoms with Gasteiger partial charge in [0.25, 0.3) is 0 Å². The minimum atomic E-state index is -3.47. The maximum Gasteiger partial charge on any atom is 0.245 e.